The van der Waals surface area contributed by atoms with Crippen molar-refractivity contribution in [1.29, 1.82) is 0 Å². The van der Waals surface area contributed by atoms with Gasteiger partial charge in [-0.25, -0.2) is 16.8 Å². The first-order chi connectivity index (χ1) is 13.2. The maximum atomic E-state index is 12.7. The fourth-order valence-electron chi connectivity index (χ4n) is 2.65. The van der Waals surface area contributed by atoms with E-state index in [9.17, 15) is 21.6 Å². The number of benzene rings is 2. The molecule has 0 saturated carbocycles. The fraction of sp³-hybridized carbons (Fsp3) is 0.235. The molecular formula is C17H17BrN2O6S2. The zero-order chi connectivity index (χ0) is 20.5. The Hall–Kier alpha value is -1.95. The topological polar surface area (TPSA) is 110 Å². The molecule has 1 N–H and O–H groups in total. The van der Waals surface area contributed by atoms with Gasteiger partial charge in [-0.15, -0.1) is 0 Å². The molecule has 2 aromatic carbocycles. The van der Waals surface area contributed by atoms with Crippen LogP contribution < -0.4 is 10.2 Å². The van der Waals surface area contributed by atoms with Crippen molar-refractivity contribution in [1.82, 2.24) is 9.25 Å². The van der Waals surface area contributed by atoms with Gasteiger partial charge in [0.25, 0.3) is 26.0 Å². The normalized spacial score (nSPS) is 18.2. The number of nitrogens with one attached hydrogen (secondary N) is 1. The predicted molar refractivity (Wildman–Crippen MR) is 104 cm³/mol. The van der Waals surface area contributed by atoms with Crippen LogP contribution in [-0.2, 0) is 24.8 Å². The predicted octanol–water partition coefficient (Wildman–Crippen LogP) is 2.42. The molecule has 0 spiro atoms. The zero-order valence-corrected chi connectivity index (χ0v) is 17.9. The molecule has 2 aromatic rings. The Kier molecular flexibility index (Phi) is 5.80. The summed E-state index contributed by atoms with van der Waals surface area (Å²) in [6.07, 6.45) is -0.239. The van der Waals surface area contributed by atoms with Crippen molar-refractivity contribution in [3.8, 4) is 5.75 Å². The number of hydrazine groups is 1. The summed E-state index contributed by atoms with van der Waals surface area (Å²) in [6, 6.07) is 11.9. The molecule has 1 unspecified atom stereocenters. The highest BCUT2D eigenvalue weighted by atomic mass is 79.9. The lowest BCUT2D eigenvalue weighted by atomic mass is 10.2. The highest BCUT2D eigenvalue weighted by molar-refractivity contribution is 9.10. The molecule has 0 saturated heterocycles. The first kappa shape index (κ1) is 20.8. The third-order valence-corrected chi connectivity index (χ3v) is 8.69. The lowest BCUT2D eigenvalue weighted by Gasteiger charge is -2.21. The Balaban J connectivity index is 1.87. The minimum atomic E-state index is -4.42. The monoisotopic (exact) mass is 488 g/mol. The molecule has 3 rings (SSSR count). The molecule has 11 heteroatoms. The summed E-state index contributed by atoms with van der Waals surface area (Å²) < 4.78 is 56.9. The maximum Gasteiger partial charge on any atom is 0.277 e. The second-order valence-corrected chi connectivity index (χ2v) is 10.6. The van der Waals surface area contributed by atoms with Gasteiger partial charge in [-0.2, -0.15) is 0 Å². The number of hydrogen-bond donors (Lipinski definition) is 1. The van der Waals surface area contributed by atoms with Gasteiger partial charge in [0.05, 0.1) is 0 Å². The number of ether oxygens (including phenoxy) is 1. The summed E-state index contributed by atoms with van der Waals surface area (Å²) in [4.78, 5) is 11.9. The van der Waals surface area contributed by atoms with E-state index in [-0.39, 0.29) is 20.0 Å². The minimum absolute atomic E-state index is 0.0145. The lowest BCUT2D eigenvalue weighted by molar-refractivity contribution is -0.130. The van der Waals surface area contributed by atoms with Gasteiger partial charge in [-0.3, -0.25) is 10.2 Å². The van der Waals surface area contributed by atoms with Crippen LogP contribution in [0.2, 0.25) is 0 Å². The number of nitrogens with zero attached hydrogens (tertiary/aromatic N) is 1. The van der Waals surface area contributed by atoms with E-state index in [1.54, 1.807) is 24.3 Å². The molecule has 0 aromatic heterocycles. The van der Waals surface area contributed by atoms with Crippen LogP contribution in [0.4, 0.5) is 0 Å². The summed E-state index contributed by atoms with van der Waals surface area (Å²) in [5.41, 5.74) is 2.01. The van der Waals surface area contributed by atoms with Gasteiger partial charge in [-0.05, 0) is 42.8 Å². The van der Waals surface area contributed by atoms with Crippen molar-refractivity contribution in [2.75, 3.05) is 0 Å². The van der Waals surface area contributed by atoms with Crippen molar-refractivity contribution < 1.29 is 26.4 Å². The van der Waals surface area contributed by atoms with Gasteiger partial charge in [0.15, 0.2) is 6.10 Å². The summed E-state index contributed by atoms with van der Waals surface area (Å²) >= 11 is 3.29. The molecule has 150 valence electrons. The highest BCUT2D eigenvalue weighted by Gasteiger charge is 2.49. The fourth-order valence-corrected chi connectivity index (χ4v) is 6.98. The average molecular weight is 489 g/mol. The van der Waals surface area contributed by atoms with Crippen LogP contribution >= 0.6 is 15.9 Å². The highest BCUT2D eigenvalue weighted by Crippen LogP contribution is 2.35. The van der Waals surface area contributed by atoms with Gasteiger partial charge >= 0.3 is 0 Å². The van der Waals surface area contributed by atoms with Crippen molar-refractivity contribution in [2.45, 2.75) is 35.7 Å². The van der Waals surface area contributed by atoms with Gasteiger partial charge < -0.3 is 4.74 Å². The number of carbonyl (C=O) groups excluding carboxylic acids is 1. The quantitative estimate of drug-likeness (QED) is 0.668. The summed E-state index contributed by atoms with van der Waals surface area (Å²) in [5, 5.41) is 0. The number of halogens is 1. The Labute approximate surface area is 171 Å². The Morgan fingerprint density at radius 1 is 1.04 bits per heavy atom. The van der Waals surface area contributed by atoms with Crippen LogP contribution in [0, 0.1) is 0 Å². The number of carbonyl (C=O) groups is 1. The molecule has 0 bridgehead atoms. The Bertz CT molecular complexity index is 1050. The molecule has 1 atom stereocenters. The minimum Gasteiger partial charge on any atom is -0.481 e. The summed E-state index contributed by atoms with van der Waals surface area (Å²) in [5.74, 6) is -0.475. The van der Waals surface area contributed by atoms with E-state index in [2.05, 4.69) is 15.9 Å². The number of sulfonamides is 2. The third kappa shape index (κ3) is 3.79. The average Bonchev–Trinajstić information content (AvgIpc) is 2.81. The largest absolute Gasteiger partial charge is 0.481 e. The molecular weight excluding hydrogens is 472 g/mol. The molecule has 0 aliphatic carbocycles. The molecule has 1 amide bonds. The standard InChI is InChI=1S/C17H17BrN2O6S2/c1-2-5-14(26-13-10-8-12(18)9-11-13)17(21)19-20-27(22,23)15-6-3-4-7-16(15)28(20,24)25/h3-4,6-11,14H,2,5H2,1H3,(H,19,21). The molecule has 0 fully saturated rings. The van der Waals surface area contributed by atoms with E-state index >= 15 is 0 Å². The molecule has 1 aliphatic rings. The number of fused-ring (bicyclic) bond motifs is 1. The second-order valence-electron chi connectivity index (χ2n) is 5.98. The van der Waals surface area contributed by atoms with E-state index in [0.717, 1.165) is 4.47 Å². The van der Waals surface area contributed by atoms with Crippen LogP contribution in [-0.4, -0.2) is 32.7 Å². The van der Waals surface area contributed by atoms with Crippen LogP contribution in [0.1, 0.15) is 19.8 Å². The summed E-state index contributed by atoms with van der Waals surface area (Å²) in [6.45, 7) is 1.82. The van der Waals surface area contributed by atoms with E-state index < -0.39 is 32.1 Å². The SMILES string of the molecule is CCCC(Oc1ccc(Br)cc1)C(=O)NN1S(=O)(=O)c2ccccc2S1(=O)=O. The van der Waals surface area contributed by atoms with Gasteiger partial charge in [0, 0.05) is 8.29 Å². The maximum absolute atomic E-state index is 12.7. The smallest absolute Gasteiger partial charge is 0.277 e. The number of rotatable bonds is 6. The van der Waals surface area contributed by atoms with E-state index in [4.69, 9.17) is 4.74 Å². The van der Waals surface area contributed by atoms with Crippen molar-refractivity contribution in [3.63, 3.8) is 0 Å². The third-order valence-electron chi connectivity index (χ3n) is 3.98. The van der Waals surface area contributed by atoms with Crippen molar-refractivity contribution >= 4 is 41.9 Å². The van der Waals surface area contributed by atoms with E-state index in [0.29, 0.717) is 12.2 Å². The molecule has 1 aliphatic heterocycles. The first-order valence-corrected chi connectivity index (χ1v) is 12.0. The van der Waals surface area contributed by atoms with Crippen LogP contribution in [0.15, 0.2) is 62.8 Å². The van der Waals surface area contributed by atoms with Crippen molar-refractivity contribution in [3.05, 3.63) is 53.0 Å². The van der Waals surface area contributed by atoms with Crippen LogP contribution in [0.5, 0.6) is 5.75 Å². The lowest BCUT2D eigenvalue weighted by Crippen LogP contribution is -2.50. The van der Waals surface area contributed by atoms with Crippen LogP contribution in [0.3, 0.4) is 0 Å². The molecule has 0 radical (unpaired) electrons. The van der Waals surface area contributed by atoms with Gasteiger partial charge in [0.1, 0.15) is 15.5 Å². The molecule has 1 heterocycles. The second kappa shape index (κ2) is 7.82. The van der Waals surface area contributed by atoms with E-state index in [1.165, 1.54) is 24.3 Å². The molecule has 8 nitrogen and oxygen atoms in total. The first-order valence-electron chi connectivity index (χ1n) is 8.30. The summed E-state index contributed by atoms with van der Waals surface area (Å²) in [7, 11) is -8.85. The molecule has 28 heavy (non-hydrogen) atoms. The number of hydrogen-bond acceptors (Lipinski definition) is 6. The van der Waals surface area contributed by atoms with Crippen LogP contribution in [0.25, 0.3) is 0 Å². The number of amides is 1. The van der Waals surface area contributed by atoms with E-state index in [1.807, 2.05) is 12.3 Å². The van der Waals surface area contributed by atoms with Gasteiger partial charge in [-0.1, -0.05) is 41.4 Å². The van der Waals surface area contributed by atoms with Crippen molar-refractivity contribution in [2.24, 2.45) is 0 Å². The van der Waals surface area contributed by atoms with Gasteiger partial charge in [0.2, 0.25) is 0 Å². The Morgan fingerprint density at radius 3 is 2.07 bits per heavy atom. The zero-order valence-electron chi connectivity index (χ0n) is 14.7. The Morgan fingerprint density at radius 2 is 1.57 bits per heavy atom.